The van der Waals surface area contributed by atoms with Gasteiger partial charge in [-0.3, -0.25) is 0 Å². The summed E-state index contributed by atoms with van der Waals surface area (Å²) in [6.45, 7) is 4.31. The fourth-order valence-corrected chi connectivity index (χ4v) is 2.87. The number of hydrogen-bond acceptors (Lipinski definition) is 3. The molecular weight excluding hydrogens is 304 g/mol. The van der Waals surface area contributed by atoms with Crippen molar-refractivity contribution in [1.29, 1.82) is 0 Å². The van der Waals surface area contributed by atoms with Crippen LogP contribution in [-0.4, -0.2) is 46.3 Å². The molecule has 24 heavy (non-hydrogen) atoms. The van der Waals surface area contributed by atoms with Crippen LogP contribution >= 0.6 is 0 Å². The molecule has 1 fully saturated rings. The third kappa shape index (κ3) is 4.14. The molecular formula is C18H24N4O2. The second-order valence-corrected chi connectivity index (χ2v) is 6.03. The first-order valence-corrected chi connectivity index (χ1v) is 8.52. The highest BCUT2D eigenvalue weighted by atomic mass is 16.5. The Labute approximate surface area is 142 Å². The van der Waals surface area contributed by atoms with E-state index in [2.05, 4.69) is 17.2 Å². The van der Waals surface area contributed by atoms with Crippen LogP contribution in [0.25, 0.3) is 5.69 Å². The Morgan fingerprint density at radius 3 is 2.92 bits per heavy atom. The Bertz CT molecular complexity index is 640. The van der Waals surface area contributed by atoms with Gasteiger partial charge in [0.25, 0.3) is 0 Å². The normalized spacial score (nSPS) is 17.7. The van der Waals surface area contributed by atoms with E-state index in [9.17, 15) is 4.79 Å². The Kier molecular flexibility index (Phi) is 5.48. The van der Waals surface area contributed by atoms with Crippen LogP contribution in [0.4, 0.5) is 10.5 Å². The summed E-state index contributed by atoms with van der Waals surface area (Å²) in [6, 6.07) is 7.67. The van der Waals surface area contributed by atoms with Gasteiger partial charge in [0, 0.05) is 43.5 Å². The van der Waals surface area contributed by atoms with Crippen LogP contribution in [0.15, 0.2) is 43.0 Å². The van der Waals surface area contributed by atoms with Crippen molar-refractivity contribution in [1.82, 2.24) is 14.5 Å². The molecule has 1 aromatic heterocycles. The minimum Gasteiger partial charge on any atom is -0.376 e. The lowest BCUT2D eigenvalue weighted by molar-refractivity contribution is 0.0115. The summed E-state index contributed by atoms with van der Waals surface area (Å²) in [5.41, 5.74) is 1.80. The first kappa shape index (κ1) is 16.5. The van der Waals surface area contributed by atoms with Gasteiger partial charge in [0.05, 0.1) is 12.4 Å². The standard InChI is InChI=1S/C18H24N4O2/c1-2-12-24-17-4-3-10-21(13-17)18(23)20-15-5-7-16(8-6-15)22-11-9-19-14-22/h5-9,11,14,17H,2-4,10,12-13H2,1H3,(H,20,23). The van der Waals surface area contributed by atoms with E-state index in [-0.39, 0.29) is 12.1 Å². The van der Waals surface area contributed by atoms with Crippen LogP contribution in [0.3, 0.4) is 0 Å². The minimum absolute atomic E-state index is 0.0600. The zero-order chi connectivity index (χ0) is 16.8. The smallest absolute Gasteiger partial charge is 0.321 e. The molecule has 1 saturated heterocycles. The average molecular weight is 328 g/mol. The van der Waals surface area contributed by atoms with Crippen molar-refractivity contribution >= 4 is 11.7 Å². The SMILES string of the molecule is CCCOC1CCCN(C(=O)Nc2ccc(-n3ccnc3)cc2)C1. The Hall–Kier alpha value is -2.34. The molecule has 0 bridgehead atoms. The largest absolute Gasteiger partial charge is 0.376 e. The number of urea groups is 1. The zero-order valence-electron chi connectivity index (χ0n) is 14.0. The van der Waals surface area contributed by atoms with Crippen molar-refractivity contribution < 1.29 is 9.53 Å². The summed E-state index contributed by atoms with van der Waals surface area (Å²) in [6.07, 6.45) is 8.56. The number of ether oxygens (including phenoxy) is 1. The summed E-state index contributed by atoms with van der Waals surface area (Å²) in [4.78, 5) is 18.3. The number of nitrogens with zero attached hydrogens (tertiary/aromatic N) is 3. The molecule has 0 saturated carbocycles. The molecule has 1 aromatic carbocycles. The van der Waals surface area contributed by atoms with E-state index in [1.165, 1.54) is 0 Å². The number of carbonyl (C=O) groups is 1. The van der Waals surface area contributed by atoms with Gasteiger partial charge in [-0.1, -0.05) is 6.92 Å². The molecule has 2 aromatic rings. The highest BCUT2D eigenvalue weighted by Gasteiger charge is 2.24. The van der Waals surface area contributed by atoms with Crippen LogP contribution in [0.5, 0.6) is 0 Å². The highest BCUT2D eigenvalue weighted by molar-refractivity contribution is 5.89. The third-order valence-corrected chi connectivity index (χ3v) is 4.14. The van der Waals surface area contributed by atoms with Gasteiger partial charge in [0.1, 0.15) is 0 Å². The van der Waals surface area contributed by atoms with E-state index in [1.807, 2.05) is 39.9 Å². The van der Waals surface area contributed by atoms with Crippen LogP contribution in [0, 0.1) is 0 Å². The molecule has 0 aliphatic carbocycles. The molecule has 1 unspecified atom stereocenters. The number of imidazole rings is 1. The number of amides is 2. The van der Waals surface area contributed by atoms with Gasteiger partial charge >= 0.3 is 6.03 Å². The summed E-state index contributed by atoms with van der Waals surface area (Å²) in [5.74, 6) is 0. The maximum atomic E-state index is 12.4. The number of aromatic nitrogens is 2. The fourth-order valence-electron chi connectivity index (χ4n) is 2.87. The monoisotopic (exact) mass is 328 g/mol. The lowest BCUT2D eigenvalue weighted by atomic mass is 10.1. The number of nitrogens with one attached hydrogen (secondary N) is 1. The maximum absolute atomic E-state index is 12.4. The van der Waals surface area contributed by atoms with E-state index in [0.717, 1.165) is 43.8 Å². The maximum Gasteiger partial charge on any atom is 0.321 e. The number of hydrogen-bond donors (Lipinski definition) is 1. The van der Waals surface area contributed by atoms with Crippen molar-refractivity contribution in [3.8, 4) is 5.69 Å². The van der Waals surface area contributed by atoms with Crippen LogP contribution in [0.1, 0.15) is 26.2 Å². The quantitative estimate of drug-likeness (QED) is 0.916. The second-order valence-electron chi connectivity index (χ2n) is 6.03. The molecule has 128 valence electrons. The van der Waals surface area contributed by atoms with Gasteiger partial charge in [-0.2, -0.15) is 0 Å². The first-order chi connectivity index (χ1) is 11.8. The van der Waals surface area contributed by atoms with Crippen LogP contribution in [0.2, 0.25) is 0 Å². The second kappa shape index (κ2) is 7.97. The molecule has 1 aliphatic heterocycles. The molecule has 0 spiro atoms. The number of carbonyl (C=O) groups excluding carboxylic acids is 1. The van der Waals surface area contributed by atoms with Gasteiger partial charge in [-0.25, -0.2) is 9.78 Å². The van der Waals surface area contributed by atoms with Crippen LogP contribution < -0.4 is 5.32 Å². The molecule has 1 N–H and O–H groups in total. The fraction of sp³-hybridized carbons (Fsp3) is 0.444. The van der Waals surface area contributed by atoms with Gasteiger partial charge in [-0.15, -0.1) is 0 Å². The van der Waals surface area contributed by atoms with E-state index in [0.29, 0.717) is 6.54 Å². The molecule has 2 heterocycles. The number of benzene rings is 1. The van der Waals surface area contributed by atoms with Gasteiger partial charge in [-0.05, 0) is 43.5 Å². The number of anilines is 1. The number of likely N-dealkylation sites (tertiary alicyclic amines) is 1. The summed E-state index contributed by atoms with van der Waals surface area (Å²) >= 11 is 0. The van der Waals surface area contributed by atoms with E-state index >= 15 is 0 Å². The van der Waals surface area contributed by atoms with Gasteiger partial charge in [0.15, 0.2) is 0 Å². The minimum atomic E-state index is -0.0600. The molecule has 1 atom stereocenters. The van der Waals surface area contributed by atoms with Gasteiger partial charge < -0.3 is 19.5 Å². The molecule has 6 heteroatoms. The van der Waals surface area contributed by atoms with E-state index in [1.54, 1.807) is 12.5 Å². The van der Waals surface area contributed by atoms with Crippen molar-refractivity contribution in [2.45, 2.75) is 32.3 Å². The van der Waals surface area contributed by atoms with Crippen molar-refractivity contribution in [3.63, 3.8) is 0 Å². The van der Waals surface area contributed by atoms with Crippen molar-refractivity contribution in [3.05, 3.63) is 43.0 Å². The zero-order valence-corrected chi connectivity index (χ0v) is 14.0. The number of rotatable bonds is 5. The Morgan fingerprint density at radius 2 is 2.21 bits per heavy atom. The molecule has 1 aliphatic rings. The van der Waals surface area contributed by atoms with Crippen molar-refractivity contribution in [2.24, 2.45) is 0 Å². The predicted octanol–water partition coefficient (Wildman–Crippen LogP) is 3.30. The summed E-state index contributed by atoms with van der Waals surface area (Å²) in [5, 5.41) is 2.97. The lowest BCUT2D eigenvalue weighted by Gasteiger charge is -2.32. The molecule has 6 nitrogen and oxygen atoms in total. The lowest BCUT2D eigenvalue weighted by Crippen LogP contribution is -2.45. The summed E-state index contributed by atoms with van der Waals surface area (Å²) in [7, 11) is 0. The third-order valence-electron chi connectivity index (χ3n) is 4.14. The average Bonchev–Trinajstić information content (AvgIpc) is 3.15. The highest BCUT2D eigenvalue weighted by Crippen LogP contribution is 2.17. The van der Waals surface area contributed by atoms with Gasteiger partial charge in [0.2, 0.25) is 0 Å². The Morgan fingerprint density at radius 1 is 1.38 bits per heavy atom. The van der Waals surface area contributed by atoms with Crippen molar-refractivity contribution in [2.75, 3.05) is 25.0 Å². The summed E-state index contributed by atoms with van der Waals surface area (Å²) < 4.78 is 7.71. The first-order valence-electron chi connectivity index (χ1n) is 8.52. The topological polar surface area (TPSA) is 59.4 Å². The predicted molar refractivity (Wildman–Crippen MR) is 93.4 cm³/mol. The van der Waals surface area contributed by atoms with E-state index in [4.69, 9.17) is 4.74 Å². The van der Waals surface area contributed by atoms with Crippen LogP contribution in [-0.2, 0) is 4.74 Å². The molecule has 0 radical (unpaired) electrons. The van der Waals surface area contributed by atoms with E-state index < -0.39 is 0 Å². The molecule has 3 rings (SSSR count). The Balaban J connectivity index is 1.56. The molecule has 2 amide bonds. The number of piperidine rings is 1.